The Hall–Kier alpha value is -4.79. The lowest BCUT2D eigenvalue weighted by atomic mass is 9.99. The number of hydrogen-bond acceptors (Lipinski definition) is 5. The van der Waals surface area contributed by atoms with Gasteiger partial charge in [0.05, 0.1) is 17.7 Å². The van der Waals surface area contributed by atoms with Crippen LogP contribution in [0.15, 0.2) is 78.9 Å². The van der Waals surface area contributed by atoms with E-state index in [0.29, 0.717) is 11.6 Å². The molecule has 0 atom stereocenters. The van der Waals surface area contributed by atoms with Gasteiger partial charge in [-0.25, -0.2) is 9.59 Å². The van der Waals surface area contributed by atoms with E-state index >= 15 is 0 Å². The lowest BCUT2D eigenvalue weighted by Gasteiger charge is -2.05. The number of aromatic carboxylic acids is 1. The van der Waals surface area contributed by atoms with Gasteiger partial charge in [0, 0.05) is 24.1 Å². The average Bonchev–Trinajstić information content (AvgIpc) is 2.81. The molecule has 0 saturated carbocycles. The first-order chi connectivity index (χ1) is 16.2. The smallest absolute Gasteiger partial charge is 0.337 e. The van der Waals surface area contributed by atoms with Gasteiger partial charge in [0.1, 0.15) is 0 Å². The topological polar surface area (TPSA) is 158 Å². The molecule has 3 aromatic rings. The fourth-order valence-electron chi connectivity index (χ4n) is 2.92. The lowest BCUT2D eigenvalue weighted by Crippen LogP contribution is -2.12. The molecule has 3 rings (SSSR count). The highest BCUT2D eigenvalue weighted by Crippen LogP contribution is 2.20. The van der Waals surface area contributed by atoms with Crippen LogP contribution in [-0.2, 0) is 14.4 Å². The van der Waals surface area contributed by atoms with E-state index < -0.39 is 23.8 Å². The van der Waals surface area contributed by atoms with Crippen molar-refractivity contribution in [1.82, 2.24) is 0 Å². The minimum Gasteiger partial charge on any atom is -0.481 e. The Kier molecular flexibility index (Phi) is 9.21. The molecule has 0 aliphatic rings. The monoisotopic (exact) mass is 463 g/mol. The van der Waals surface area contributed by atoms with Crippen molar-refractivity contribution in [3.8, 4) is 0 Å². The van der Waals surface area contributed by atoms with Crippen molar-refractivity contribution in [2.45, 2.75) is 12.8 Å². The molecule has 0 bridgehead atoms. The van der Waals surface area contributed by atoms with E-state index in [1.807, 2.05) is 36.4 Å². The van der Waals surface area contributed by atoms with Gasteiger partial charge in [-0.2, -0.15) is 0 Å². The summed E-state index contributed by atoms with van der Waals surface area (Å²) in [7, 11) is 0. The van der Waals surface area contributed by atoms with Crippen LogP contribution >= 0.6 is 0 Å². The van der Waals surface area contributed by atoms with Crippen LogP contribution in [0.3, 0.4) is 0 Å². The molecule has 0 saturated heterocycles. The molecule has 0 aromatic heterocycles. The van der Waals surface area contributed by atoms with Crippen LogP contribution in [-0.4, -0.2) is 44.9 Å². The number of para-hydroxylation sites is 1. The summed E-state index contributed by atoms with van der Waals surface area (Å²) >= 11 is 0. The first-order valence-electron chi connectivity index (χ1n) is 9.96. The Morgan fingerprint density at radius 3 is 2.00 bits per heavy atom. The summed E-state index contributed by atoms with van der Waals surface area (Å²) in [5.74, 6) is -4.21. The fourth-order valence-corrected chi connectivity index (χ4v) is 2.92. The third-order valence-electron chi connectivity index (χ3n) is 4.45. The Labute approximate surface area is 194 Å². The SMILES string of the molecule is O=C(O)/C=C\C(=O)Nc1ccccc1C(=O)O.O=C(O)CCC(=O)c1cccc2ccccc12. The number of carbonyl (C=O) groups excluding carboxylic acids is 2. The van der Waals surface area contributed by atoms with Crippen LogP contribution in [0.2, 0.25) is 0 Å². The molecule has 0 fully saturated rings. The van der Waals surface area contributed by atoms with Crippen molar-refractivity contribution in [3.05, 3.63) is 90.0 Å². The van der Waals surface area contributed by atoms with Crippen molar-refractivity contribution in [2.75, 3.05) is 5.32 Å². The van der Waals surface area contributed by atoms with E-state index in [1.54, 1.807) is 12.1 Å². The van der Waals surface area contributed by atoms with E-state index in [9.17, 15) is 24.0 Å². The molecule has 3 aromatic carbocycles. The normalized spacial score (nSPS) is 10.2. The van der Waals surface area contributed by atoms with Crippen LogP contribution in [0.25, 0.3) is 10.8 Å². The van der Waals surface area contributed by atoms with Gasteiger partial charge in [0.15, 0.2) is 5.78 Å². The Morgan fingerprint density at radius 1 is 0.706 bits per heavy atom. The number of carboxylic acid groups (broad SMARTS) is 3. The largest absolute Gasteiger partial charge is 0.481 e. The van der Waals surface area contributed by atoms with Gasteiger partial charge in [-0.1, -0.05) is 54.6 Å². The van der Waals surface area contributed by atoms with Crippen LogP contribution in [0, 0.1) is 0 Å². The van der Waals surface area contributed by atoms with Crippen molar-refractivity contribution < 1.29 is 39.3 Å². The summed E-state index contributed by atoms with van der Waals surface area (Å²) in [6.07, 6.45) is 1.39. The Balaban J connectivity index is 0.000000240. The summed E-state index contributed by atoms with van der Waals surface area (Å²) in [4.78, 5) is 54.6. The van der Waals surface area contributed by atoms with E-state index in [-0.39, 0.29) is 29.9 Å². The number of Topliss-reactive ketones (excluding diaryl/α,β-unsaturated/α-hetero) is 1. The molecule has 174 valence electrons. The van der Waals surface area contributed by atoms with Crippen LogP contribution in [0.1, 0.15) is 33.6 Å². The molecule has 0 aliphatic heterocycles. The molecular formula is C25H21NO8. The number of rotatable bonds is 8. The molecule has 34 heavy (non-hydrogen) atoms. The molecular weight excluding hydrogens is 442 g/mol. The summed E-state index contributed by atoms with van der Waals surface area (Å²) in [6, 6.07) is 18.9. The second-order valence-electron chi connectivity index (χ2n) is 6.86. The standard InChI is InChI=1S/C14H12O3.C11H9NO5/c15-13(8-9-14(16)17)12-7-3-5-10-4-1-2-6-11(10)12;13-9(5-6-10(14)15)12-8-4-2-1-3-7(8)11(16)17/h1-7H,8-9H2,(H,16,17);1-6H,(H,12,13)(H,14,15)(H,16,17)/b;6-5-. The van der Waals surface area contributed by atoms with Gasteiger partial charge >= 0.3 is 17.9 Å². The van der Waals surface area contributed by atoms with E-state index in [1.165, 1.54) is 18.2 Å². The highest BCUT2D eigenvalue weighted by Gasteiger charge is 2.11. The molecule has 0 heterocycles. The lowest BCUT2D eigenvalue weighted by molar-refractivity contribution is -0.137. The predicted octanol–water partition coefficient (Wildman–Crippen LogP) is 3.85. The fraction of sp³-hybridized carbons (Fsp3) is 0.0800. The molecule has 9 heteroatoms. The molecule has 9 nitrogen and oxygen atoms in total. The zero-order valence-electron chi connectivity index (χ0n) is 17.8. The minimum absolute atomic E-state index is 0.0450. The molecule has 0 spiro atoms. The molecule has 1 amide bonds. The number of aliphatic carboxylic acids is 2. The van der Waals surface area contributed by atoms with Crippen molar-refractivity contribution in [1.29, 1.82) is 0 Å². The number of ketones is 1. The first-order valence-corrected chi connectivity index (χ1v) is 9.96. The van der Waals surface area contributed by atoms with Gasteiger partial charge in [-0.3, -0.25) is 14.4 Å². The molecule has 0 unspecified atom stereocenters. The molecule has 4 N–H and O–H groups in total. The van der Waals surface area contributed by atoms with E-state index in [2.05, 4.69) is 5.32 Å². The number of amides is 1. The predicted molar refractivity (Wildman–Crippen MR) is 124 cm³/mol. The van der Waals surface area contributed by atoms with E-state index in [4.69, 9.17) is 15.3 Å². The summed E-state index contributed by atoms with van der Waals surface area (Å²) in [5, 5.41) is 29.9. The number of hydrogen-bond donors (Lipinski definition) is 4. The minimum atomic E-state index is -1.26. The zero-order valence-corrected chi connectivity index (χ0v) is 17.8. The third-order valence-corrected chi connectivity index (χ3v) is 4.45. The maximum Gasteiger partial charge on any atom is 0.337 e. The maximum atomic E-state index is 11.9. The highest BCUT2D eigenvalue weighted by molar-refractivity contribution is 6.08. The Morgan fingerprint density at radius 2 is 1.32 bits per heavy atom. The summed E-state index contributed by atoms with van der Waals surface area (Å²) < 4.78 is 0. The number of benzene rings is 3. The Bertz CT molecular complexity index is 1260. The van der Waals surface area contributed by atoms with Crippen molar-refractivity contribution >= 4 is 46.1 Å². The average molecular weight is 463 g/mol. The first kappa shape index (κ1) is 25.5. The van der Waals surface area contributed by atoms with E-state index in [0.717, 1.165) is 16.8 Å². The quantitative estimate of drug-likeness (QED) is 0.290. The van der Waals surface area contributed by atoms with Gasteiger partial charge in [-0.05, 0) is 22.9 Å². The summed E-state index contributed by atoms with van der Waals surface area (Å²) in [5.41, 5.74) is 0.647. The number of carbonyl (C=O) groups is 5. The van der Waals surface area contributed by atoms with Gasteiger partial charge in [0.2, 0.25) is 5.91 Å². The van der Waals surface area contributed by atoms with Gasteiger partial charge < -0.3 is 20.6 Å². The van der Waals surface area contributed by atoms with Crippen LogP contribution < -0.4 is 5.32 Å². The highest BCUT2D eigenvalue weighted by atomic mass is 16.4. The van der Waals surface area contributed by atoms with Crippen LogP contribution in [0.4, 0.5) is 5.69 Å². The zero-order chi connectivity index (χ0) is 25.1. The van der Waals surface area contributed by atoms with Gasteiger partial charge in [-0.15, -0.1) is 0 Å². The second-order valence-corrected chi connectivity index (χ2v) is 6.86. The van der Waals surface area contributed by atoms with Crippen molar-refractivity contribution in [2.24, 2.45) is 0 Å². The maximum absolute atomic E-state index is 11.9. The number of fused-ring (bicyclic) bond motifs is 1. The third kappa shape index (κ3) is 7.72. The summed E-state index contributed by atoms with van der Waals surface area (Å²) in [6.45, 7) is 0. The number of anilines is 1. The number of carboxylic acids is 3. The van der Waals surface area contributed by atoms with Gasteiger partial charge in [0.25, 0.3) is 0 Å². The number of nitrogens with one attached hydrogen (secondary N) is 1. The molecule has 0 aliphatic carbocycles. The molecule has 0 radical (unpaired) electrons. The van der Waals surface area contributed by atoms with Crippen molar-refractivity contribution in [3.63, 3.8) is 0 Å². The second kappa shape index (κ2) is 12.3. The van der Waals surface area contributed by atoms with Crippen LogP contribution in [0.5, 0.6) is 0 Å².